The molecule has 5 N–H and O–H groups in total. The minimum Gasteiger partial charge on any atom is -0.396 e. The van der Waals surface area contributed by atoms with Crippen LogP contribution < -0.4 is 16.6 Å². The van der Waals surface area contributed by atoms with Crippen LogP contribution in [-0.4, -0.2) is 28.2 Å². The van der Waals surface area contributed by atoms with Crippen LogP contribution in [-0.2, 0) is 0 Å². The van der Waals surface area contributed by atoms with Crippen molar-refractivity contribution >= 4 is 11.8 Å². The number of aliphatic hydroxyl groups excluding tert-OH is 1. The predicted molar refractivity (Wildman–Crippen MR) is 59.3 cm³/mol. The van der Waals surface area contributed by atoms with Crippen molar-refractivity contribution in [2.45, 2.75) is 13.8 Å². The quantitative estimate of drug-likeness (QED) is 0.408. The lowest BCUT2D eigenvalue weighted by Crippen LogP contribution is -2.17. The third kappa shape index (κ3) is 3.34. The molecule has 15 heavy (non-hydrogen) atoms. The van der Waals surface area contributed by atoms with Gasteiger partial charge < -0.3 is 10.4 Å². The Morgan fingerprint density at radius 3 is 2.93 bits per heavy atom. The van der Waals surface area contributed by atoms with Gasteiger partial charge in [0.15, 0.2) is 0 Å². The van der Waals surface area contributed by atoms with Crippen LogP contribution in [0.4, 0.5) is 11.8 Å². The Hall–Kier alpha value is -1.40. The number of aromatic nitrogens is 2. The van der Waals surface area contributed by atoms with Gasteiger partial charge in [0.05, 0.1) is 0 Å². The fourth-order valence-corrected chi connectivity index (χ4v) is 1.03. The molecule has 1 rings (SSSR count). The monoisotopic (exact) mass is 211 g/mol. The van der Waals surface area contributed by atoms with Gasteiger partial charge in [-0.2, -0.15) is 4.98 Å². The Morgan fingerprint density at radius 1 is 1.60 bits per heavy atom. The van der Waals surface area contributed by atoms with Gasteiger partial charge in [0.2, 0.25) is 5.95 Å². The van der Waals surface area contributed by atoms with Crippen LogP contribution in [0.3, 0.4) is 0 Å². The fraction of sp³-hybridized carbons (Fsp3) is 0.556. The number of hydrazine groups is 1. The second-order valence-corrected chi connectivity index (χ2v) is 3.54. The largest absolute Gasteiger partial charge is 0.396 e. The summed E-state index contributed by atoms with van der Waals surface area (Å²) >= 11 is 0. The number of nitrogens with zero attached hydrogens (tertiary/aromatic N) is 2. The number of nitrogens with one attached hydrogen (secondary N) is 2. The third-order valence-electron chi connectivity index (χ3n) is 2.03. The maximum absolute atomic E-state index is 8.88. The molecular formula is C9H17N5O. The molecule has 6 heteroatoms. The molecule has 0 radical (unpaired) electrons. The number of hydrogen-bond donors (Lipinski definition) is 4. The Morgan fingerprint density at radius 2 is 2.33 bits per heavy atom. The second kappa shape index (κ2) is 5.47. The van der Waals surface area contributed by atoms with Gasteiger partial charge in [0, 0.05) is 24.9 Å². The van der Waals surface area contributed by atoms with Crippen LogP contribution >= 0.6 is 0 Å². The van der Waals surface area contributed by atoms with Crippen LogP contribution in [0.25, 0.3) is 0 Å². The lowest BCUT2D eigenvalue weighted by atomic mass is 10.2. The number of hydrogen-bond acceptors (Lipinski definition) is 6. The van der Waals surface area contributed by atoms with Crippen molar-refractivity contribution in [1.82, 2.24) is 9.97 Å². The van der Waals surface area contributed by atoms with Gasteiger partial charge in [0.25, 0.3) is 0 Å². The normalized spacial score (nSPS) is 12.3. The lowest BCUT2D eigenvalue weighted by Gasteiger charge is -2.12. The first kappa shape index (κ1) is 11.7. The Balaban J connectivity index is 2.66. The van der Waals surface area contributed by atoms with Gasteiger partial charge in [-0.05, 0) is 12.8 Å². The van der Waals surface area contributed by atoms with Crippen molar-refractivity contribution in [3.8, 4) is 0 Å². The molecule has 0 saturated heterocycles. The molecule has 0 aliphatic heterocycles. The maximum Gasteiger partial charge on any atom is 0.239 e. The van der Waals surface area contributed by atoms with Crippen LogP contribution in [0.2, 0.25) is 0 Å². The average Bonchev–Trinajstić information content (AvgIpc) is 2.27. The molecule has 0 fully saturated rings. The van der Waals surface area contributed by atoms with Gasteiger partial charge in [-0.3, -0.25) is 5.43 Å². The standard InChI is InChI=1S/C9H17N5O/c1-6(5-15)3-11-8-7(2)4-12-9(13-8)14-10/h4,6,15H,3,5,10H2,1-2H3,(H2,11,12,13,14). The first-order valence-electron chi connectivity index (χ1n) is 4.82. The van der Waals surface area contributed by atoms with Gasteiger partial charge in [-0.15, -0.1) is 0 Å². The van der Waals surface area contributed by atoms with Gasteiger partial charge in [-0.1, -0.05) is 6.92 Å². The predicted octanol–water partition coefficient (Wildman–Crippen LogP) is 0.111. The highest BCUT2D eigenvalue weighted by Crippen LogP contribution is 2.12. The summed E-state index contributed by atoms with van der Waals surface area (Å²) in [4.78, 5) is 8.13. The number of nitrogens with two attached hydrogens (primary N) is 1. The molecule has 0 saturated carbocycles. The van der Waals surface area contributed by atoms with Crippen molar-refractivity contribution in [3.05, 3.63) is 11.8 Å². The molecular weight excluding hydrogens is 194 g/mol. The Labute approximate surface area is 88.9 Å². The van der Waals surface area contributed by atoms with E-state index in [1.54, 1.807) is 6.20 Å². The molecule has 1 unspecified atom stereocenters. The summed E-state index contributed by atoms with van der Waals surface area (Å²) in [6.07, 6.45) is 1.69. The van der Waals surface area contributed by atoms with Crippen LogP contribution in [0, 0.1) is 12.8 Å². The van der Waals surface area contributed by atoms with E-state index in [0.717, 1.165) is 11.4 Å². The average molecular weight is 211 g/mol. The number of nitrogen functional groups attached to an aromatic ring is 1. The summed E-state index contributed by atoms with van der Waals surface area (Å²) < 4.78 is 0. The number of rotatable bonds is 5. The molecule has 0 bridgehead atoms. The minimum absolute atomic E-state index is 0.152. The van der Waals surface area contributed by atoms with E-state index < -0.39 is 0 Å². The van der Waals surface area contributed by atoms with Crippen LogP contribution in [0.1, 0.15) is 12.5 Å². The summed E-state index contributed by atoms with van der Waals surface area (Å²) in [5, 5.41) is 12.0. The van der Waals surface area contributed by atoms with Gasteiger partial charge >= 0.3 is 0 Å². The molecule has 0 spiro atoms. The second-order valence-electron chi connectivity index (χ2n) is 3.54. The molecule has 1 atom stereocenters. The van der Waals surface area contributed by atoms with Gasteiger partial charge in [0.1, 0.15) is 5.82 Å². The van der Waals surface area contributed by atoms with E-state index >= 15 is 0 Å². The zero-order valence-electron chi connectivity index (χ0n) is 8.99. The smallest absolute Gasteiger partial charge is 0.239 e. The Bertz CT molecular complexity index is 317. The third-order valence-corrected chi connectivity index (χ3v) is 2.03. The summed E-state index contributed by atoms with van der Waals surface area (Å²) in [6, 6.07) is 0. The highest BCUT2D eigenvalue weighted by atomic mass is 16.3. The summed E-state index contributed by atoms with van der Waals surface area (Å²) in [6.45, 7) is 4.68. The van der Waals surface area contributed by atoms with Crippen LogP contribution in [0.5, 0.6) is 0 Å². The number of aliphatic hydroxyl groups is 1. The van der Waals surface area contributed by atoms with E-state index in [-0.39, 0.29) is 12.5 Å². The number of anilines is 2. The highest BCUT2D eigenvalue weighted by Gasteiger charge is 2.04. The first-order valence-corrected chi connectivity index (χ1v) is 4.82. The van der Waals surface area contributed by atoms with E-state index in [2.05, 4.69) is 20.7 Å². The molecule has 1 aromatic heterocycles. The lowest BCUT2D eigenvalue weighted by molar-refractivity contribution is 0.244. The first-order chi connectivity index (χ1) is 7.17. The molecule has 0 amide bonds. The van der Waals surface area contributed by atoms with Crippen LogP contribution in [0.15, 0.2) is 6.20 Å². The van der Waals surface area contributed by atoms with Gasteiger partial charge in [-0.25, -0.2) is 10.8 Å². The molecule has 6 nitrogen and oxygen atoms in total. The molecule has 0 aromatic carbocycles. The zero-order valence-corrected chi connectivity index (χ0v) is 8.99. The van der Waals surface area contributed by atoms with Crippen molar-refractivity contribution in [3.63, 3.8) is 0 Å². The highest BCUT2D eigenvalue weighted by molar-refractivity contribution is 5.45. The van der Waals surface area contributed by atoms with E-state index in [0.29, 0.717) is 12.5 Å². The molecule has 0 aliphatic rings. The van der Waals surface area contributed by atoms with E-state index in [9.17, 15) is 0 Å². The Kier molecular flexibility index (Phi) is 4.26. The number of aryl methyl sites for hydroxylation is 1. The SMILES string of the molecule is Cc1cnc(NN)nc1NCC(C)CO. The fourth-order valence-electron chi connectivity index (χ4n) is 1.03. The maximum atomic E-state index is 8.88. The van der Waals surface area contributed by atoms with Crippen molar-refractivity contribution in [1.29, 1.82) is 0 Å². The van der Waals surface area contributed by atoms with Crippen molar-refractivity contribution in [2.24, 2.45) is 11.8 Å². The summed E-state index contributed by atoms with van der Waals surface area (Å²) in [5.41, 5.74) is 3.33. The van der Waals surface area contributed by atoms with E-state index in [4.69, 9.17) is 10.9 Å². The minimum atomic E-state index is 0.152. The van der Waals surface area contributed by atoms with Crippen molar-refractivity contribution in [2.75, 3.05) is 23.9 Å². The zero-order chi connectivity index (χ0) is 11.3. The topological polar surface area (TPSA) is 96.1 Å². The van der Waals surface area contributed by atoms with Crippen molar-refractivity contribution < 1.29 is 5.11 Å². The van der Waals surface area contributed by atoms with E-state index in [1.165, 1.54) is 0 Å². The molecule has 1 aromatic rings. The summed E-state index contributed by atoms with van der Waals surface area (Å²) in [5.74, 6) is 6.51. The van der Waals surface area contributed by atoms with E-state index in [1.807, 2.05) is 13.8 Å². The molecule has 0 aliphatic carbocycles. The molecule has 84 valence electrons. The molecule has 1 heterocycles. The summed E-state index contributed by atoms with van der Waals surface area (Å²) in [7, 11) is 0.